The summed E-state index contributed by atoms with van der Waals surface area (Å²) in [6, 6.07) is 17.4. The summed E-state index contributed by atoms with van der Waals surface area (Å²) in [7, 11) is -1.32. The Labute approximate surface area is 269 Å². The highest BCUT2D eigenvalue weighted by atomic mass is 32.2. The van der Waals surface area contributed by atoms with Crippen LogP contribution in [0.5, 0.6) is 5.75 Å². The molecule has 4 aromatic rings. The van der Waals surface area contributed by atoms with Gasteiger partial charge < -0.3 is 19.4 Å². The fourth-order valence-electron chi connectivity index (χ4n) is 4.62. The van der Waals surface area contributed by atoms with Gasteiger partial charge in [-0.25, -0.2) is 4.98 Å². The minimum absolute atomic E-state index is 0.141. The molecule has 0 saturated heterocycles. The molecule has 0 bridgehead atoms. The van der Waals surface area contributed by atoms with Gasteiger partial charge in [0.05, 0.1) is 40.7 Å². The molecule has 0 radical (unpaired) electrons. The van der Waals surface area contributed by atoms with Gasteiger partial charge in [-0.05, 0) is 84.1 Å². The Balaban J connectivity index is 1.39. The molecule has 0 aliphatic heterocycles. The van der Waals surface area contributed by atoms with Gasteiger partial charge in [-0.15, -0.1) is 0 Å². The number of unbranched alkanes of at least 4 members (excludes halogenated alkanes) is 1. The van der Waals surface area contributed by atoms with Crippen LogP contribution in [0.15, 0.2) is 90.2 Å². The van der Waals surface area contributed by atoms with Gasteiger partial charge in [-0.3, -0.25) is 9.00 Å². The predicted molar refractivity (Wildman–Crippen MR) is 175 cm³/mol. The number of alkyl halides is 3. The quantitative estimate of drug-likeness (QED) is 0.0976. The number of amides is 1. The van der Waals surface area contributed by atoms with E-state index in [2.05, 4.69) is 24.1 Å². The lowest BCUT2D eigenvalue weighted by atomic mass is 9.98. The lowest BCUT2D eigenvalue weighted by Gasteiger charge is -2.13. The highest BCUT2D eigenvalue weighted by Crippen LogP contribution is 2.35. The number of aromatic nitrogens is 2. The summed E-state index contributed by atoms with van der Waals surface area (Å²) < 4.78 is 67.5. The van der Waals surface area contributed by atoms with Gasteiger partial charge in [0.2, 0.25) is 5.91 Å². The molecule has 3 aromatic carbocycles. The summed E-state index contributed by atoms with van der Waals surface area (Å²) >= 11 is 0. The molecule has 0 saturated carbocycles. The third kappa shape index (κ3) is 10.1. The SMILES string of the molecule is CCCCOCCOc1ccc(-c2ccc(C(F)(F)F)c(/C=C/C(=O)Nc3ccc([S@](=O)Cc4cncn4CCC)cc3)c2)cc1. The number of anilines is 1. The number of hydrogen-bond acceptors (Lipinski definition) is 5. The summed E-state index contributed by atoms with van der Waals surface area (Å²) in [6.45, 7) is 6.50. The molecule has 1 atom stereocenters. The van der Waals surface area contributed by atoms with E-state index in [1.165, 1.54) is 12.1 Å². The standard InChI is InChI=1S/C35H38F3N3O4S/c1-3-5-19-44-20-21-45-31-12-6-26(7-13-31)27-8-16-33(35(36,37)38)28(22-27)9-17-34(42)40-29-10-14-32(15-11-29)46(43)24-30-23-39-25-41(30)18-4-2/h6-17,22-23,25H,3-5,18-21,24H2,1-2H3,(H,40,42)/b17-9+/t46-/m1/s1. The molecule has 0 unspecified atom stereocenters. The molecule has 0 aliphatic carbocycles. The zero-order valence-electron chi connectivity index (χ0n) is 25.9. The summed E-state index contributed by atoms with van der Waals surface area (Å²) in [4.78, 5) is 17.4. The number of benzene rings is 3. The molecular weight excluding hydrogens is 615 g/mol. The first kappa shape index (κ1) is 34.6. The number of carbonyl (C=O) groups excluding carboxylic acids is 1. The molecule has 0 spiro atoms. The van der Waals surface area contributed by atoms with Crippen LogP contribution >= 0.6 is 0 Å². The number of nitrogens with one attached hydrogen (secondary N) is 1. The molecule has 7 nitrogen and oxygen atoms in total. The second-order valence-electron chi connectivity index (χ2n) is 10.6. The average molecular weight is 654 g/mol. The van der Waals surface area contributed by atoms with Crippen LogP contribution in [0.25, 0.3) is 17.2 Å². The third-order valence-corrected chi connectivity index (χ3v) is 8.38. The second-order valence-corrected chi connectivity index (χ2v) is 12.0. The Hall–Kier alpha value is -4.22. The number of halogens is 3. The van der Waals surface area contributed by atoms with E-state index in [0.717, 1.165) is 49.7 Å². The van der Waals surface area contributed by atoms with Crippen LogP contribution in [0.3, 0.4) is 0 Å². The van der Waals surface area contributed by atoms with Crippen LogP contribution in [-0.4, -0.2) is 39.5 Å². The van der Waals surface area contributed by atoms with E-state index in [1.54, 1.807) is 61.1 Å². The van der Waals surface area contributed by atoms with E-state index in [0.29, 0.717) is 53.0 Å². The van der Waals surface area contributed by atoms with Crippen LogP contribution in [-0.2, 0) is 38.8 Å². The molecule has 1 amide bonds. The van der Waals surface area contributed by atoms with Gasteiger partial charge in [0, 0.05) is 36.0 Å². The number of imidazole rings is 1. The normalized spacial score (nSPS) is 12.4. The van der Waals surface area contributed by atoms with E-state index in [-0.39, 0.29) is 5.56 Å². The number of rotatable bonds is 16. The number of ether oxygens (including phenoxy) is 2. The lowest BCUT2D eigenvalue weighted by molar-refractivity contribution is -0.137. The number of nitrogens with zero attached hydrogens (tertiary/aromatic N) is 2. The second kappa shape index (κ2) is 16.9. The van der Waals surface area contributed by atoms with E-state index >= 15 is 0 Å². The van der Waals surface area contributed by atoms with E-state index in [4.69, 9.17) is 9.47 Å². The molecule has 11 heteroatoms. The lowest BCUT2D eigenvalue weighted by Crippen LogP contribution is -2.10. The van der Waals surface area contributed by atoms with Gasteiger partial charge in [0.1, 0.15) is 12.4 Å². The Kier molecular flexibility index (Phi) is 12.7. The molecular formula is C35H38F3N3O4S. The predicted octanol–water partition coefficient (Wildman–Crippen LogP) is 8.13. The van der Waals surface area contributed by atoms with Crippen molar-refractivity contribution >= 4 is 28.5 Å². The molecule has 0 aliphatic rings. The van der Waals surface area contributed by atoms with Gasteiger partial charge in [0.25, 0.3) is 0 Å². The van der Waals surface area contributed by atoms with Crippen molar-refractivity contribution in [1.82, 2.24) is 9.55 Å². The van der Waals surface area contributed by atoms with Crippen molar-refractivity contribution in [3.8, 4) is 16.9 Å². The van der Waals surface area contributed by atoms with Crippen LogP contribution in [0.2, 0.25) is 0 Å². The van der Waals surface area contributed by atoms with Crippen molar-refractivity contribution in [2.75, 3.05) is 25.1 Å². The molecule has 1 heterocycles. The number of carbonyl (C=O) groups is 1. The minimum atomic E-state index is -4.61. The summed E-state index contributed by atoms with van der Waals surface area (Å²) in [5.74, 6) is 0.336. The van der Waals surface area contributed by atoms with Gasteiger partial charge in [0.15, 0.2) is 0 Å². The molecule has 1 aromatic heterocycles. The molecule has 4 rings (SSSR count). The third-order valence-electron chi connectivity index (χ3n) is 7.02. The number of aryl methyl sites for hydroxylation is 1. The van der Waals surface area contributed by atoms with Crippen molar-refractivity contribution in [3.05, 3.63) is 102 Å². The van der Waals surface area contributed by atoms with Crippen LogP contribution < -0.4 is 10.1 Å². The monoisotopic (exact) mass is 653 g/mol. The average Bonchev–Trinajstić information content (AvgIpc) is 3.48. The smallest absolute Gasteiger partial charge is 0.416 e. The summed E-state index contributed by atoms with van der Waals surface area (Å²) in [5.41, 5.74) is 1.56. The zero-order chi connectivity index (χ0) is 32.9. The fourth-order valence-corrected chi connectivity index (χ4v) is 5.73. The first-order chi connectivity index (χ1) is 22.2. The maximum Gasteiger partial charge on any atom is 0.416 e. The van der Waals surface area contributed by atoms with Gasteiger partial charge in [-0.1, -0.05) is 38.5 Å². The van der Waals surface area contributed by atoms with Crippen molar-refractivity contribution < 1.29 is 31.6 Å². The Morgan fingerprint density at radius 1 is 0.957 bits per heavy atom. The largest absolute Gasteiger partial charge is 0.491 e. The Morgan fingerprint density at radius 2 is 1.70 bits per heavy atom. The van der Waals surface area contributed by atoms with Crippen LogP contribution in [0.1, 0.15) is 49.9 Å². The maximum absolute atomic E-state index is 13.8. The topological polar surface area (TPSA) is 82.4 Å². The fraction of sp³-hybridized carbons (Fsp3) is 0.314. The molecule has 46 heavy (non-hydrogen) atoms. The Bertz CT molecular complexity index is 1620. The van der Waals surface area contributed by atoms with Crippen molar-refractivity contribution in [2.45, 2.75) is 56.5 Å². The van der Waals surface area contributed by atoms with Gasteiger partial charge in [-0.2, -0.15) is 13.2 Å². The van der Waals surface area contributed by atoms with E-state index in [1.807, 2.05) is 4.57 Å². The van der Waals surface area contributed by atoms with E-state index < -0.39 is 28.4 Å². The van der Waals surface area contributed by atoms with E-state index in [9.17, 15) is 22.2 Å². The molecule has 244 valence electrons. The van der Waals surface area contributed by atoms with Crippen molar-refractivity contribution in [3.63, 3.8) is 0 Å². The van der Waals surface area contributed by atoms with Crippen molar-refractivity contribution in [1.29, 1.82) is 0 Å². The first-order valence-corrected chi connectivity index (χ1v) is 16.5. The summed E-state index contributed by atoms with van der Waals surface area (Å²) in [6.07, 6.45) is 4.02. The van der Waals surface area contributed by atoms with Gasteiger partial charge >= 0.3 is 6.18 Å². The summed E-state index contributed by atoms with van der Waals surface area (Å²) in [5, 5.41) is 2.65. The minimum Gasteiger partial charge on any atom is -0.491 e. The van der Waals surface area contributed by atoms with Crippen LogP contribution in [0, 0.1) is 0 Å². The first-order valence-electron chi connectivity index (χ1n) is 15.2. The van der Waals surface area contributed by atoms with Crippen molar-refractivity contribution in [2.24, 2.45) is 0 Å². The molecule has 0 fully saturated rings. The zero-order valence-corrected chi connectivity index (χ0v) is 26.7. The number of hydrogen-bond donors (Lipinski definition) is 1. The van der Waals surface area contributed by atoms with Crippen LogP contribution in [0.4, 0.5) is 18.9 Å². The highest BCUT2D eigenvalue weighted by Gasteiger charge is 2.32. The Morgan fingerprint density at radius 3 is 2.39 bits per heavy atom. The molecule has 1 N–H and O–H groups in total. The highest BCUT2D eigenvalue weighted by molar-refractivity contribution is 7.84. The maximum atomic E-state index is 13.8.